The van der Waals surface area contributed by atoms with Crippen LogP contribution in [-0.2, 0) is 0 Å². The van der Waals surface area contributed by atoms with Crippen molar-refractivity contribution in [2.24, 2.45) is 0 Å². The predicted molar refractivity (Wildman–Crippen MR) is 29.8 cm³/mol. The molecule has 2 N–H and O–H groups in total. The number of hydrogen-bond donors (Lipinski definition) is 2. The van der Waals surface area contributed by atoms with Crippen LogP contribution in [-0.4, -0.2) is 85.3 Å². The first-order valence-electron chi connectivity index (χ1n) is 1.13. The molecule has 0 aromatic heterocycles. The van der Waals surface area contributed by atoms with Crippen LogP contribution < -0.4 is 19.6 Å². The van der Waals surface area contributed by atoms with Gasteiger partial charge in [-0.25, -0.2) is 0 Å². The molecular formula is H2Ca2O6P2. The molecule has 0 aromatic rings. The van der Waals surface area contributed by atoms with Crippen LogP contribution in [0.5, 0.6) is 0 Å². The molecule has 0 saturated heterocycles. The third-order valence-corrected chi connectivity index (χ3v) is 0. The summed E-state index contributed by atoms with van der Waals surface area (Å²) < 4.78 is 0. The molecule has 0 unspecified atom stereocenters. The number of hydrogen-bond acceptors (Lipinski definition) is 6. The van der Waals surface area contributed by atoms with Gasteiger partial charge in [-0.2, -0.15) is 0 Å². The van der Waals surface area contributed by atoms with Gasteiger partial charge >= 0.3 is 75.5 Å². The summed E-state index contributed by atoms with van der Waals surface area (Å²) in [5, 5.41) is 0. The van der Waals surface area contributed by atoms with Crippen molar-refractivity contribution in [2.75, 3.05) is 0 Å². The quantitative estimate of drug-likeness (QED) is 0.322. The summed E-state index contributed by atoms with van der Waals surface area (Å²) >= 11 is 0. The van der Waals surface area contributed by atoms with Gasteiger partial charge in [0, 0.05) is 0 Å². The summed E-state index contributed by atoms with van der Waals surface area (Å²) in [6, 6.07) is 0. The maximum absolute atomic E-state index is 8.70. The van der Waals surface area contributed by atoms with Crippen LogP contribution in [0.2, 0.25) is 0 Å². The Morgan fingerprint density at radius 2 is 0.800 bits per heavy atom. The maximum Gasteiger partial charge on any atom is 2.00 e. The van der Waals surface area contributed by atoms with Crippen molar-refractivity contribution >= 4 is 92.7 Å². The Labute approximate surface area is 120 Å². The van der Waals surface area contributed by atoms with E-state index in [0.717, 1.165) is 0 Å². The molecule has 0 aliphatic carbocycles. The van der Waals surface area contributed by atoms with Gasteiger partial charge < -0.3 is 38.0 Å². The van der Waals surface area contributed by atoms with Crippen molar-refractivity contribution in [3.63, 3.8) is 0 Å². The minimum absolute atomic E-state index is 0. The maximum atomic E-state index is 8.70. The Bertz CT molecular complexity index is 29.2. The van der Waals surface area contributed by atoms with Gasteiger partial charge in [-0.15, -0.1) is 0 Å². The van der Waals surface area contributed by atoms with Crippen molar-refractivity contribution < 1.29 is 29.4 Å². The van der Waals surface area contributed by atoms with Crippen LogP contribution in [0.3, 0.4) is 0 Å². The molecule has 52 valence electrons. The molecule has 0 fully saturated rings. The predicted octanol–water partition coefficient (Wildman–Crippen LogP) is -4.91. The molecule has 0 atom stereocenters. The van der Waals surface area contributed by atoms with Crippen molar-refractivity contribution in [1.82, 2.24) is 0 Å². The SMILES string of the molecule is [Ca+2].[Ca+2].[O-]P(O)O.[O-]P([O-])[O-]. The molecule has 10 heteroatoms. The van der Waals surface area contributed by atoms with E-state index in [1.54, 1.807) is 0 Å². The minimum Gasteiger partial charge on any atom is -0.854 e. The average molecular weight is 240 g/mol. The zero-order chi connectivity index (χ0) is 7.15. The standard InChI is InChI=1S/2Ca.H2O3P.O3P/c;;2*1-4(2)3/h;;1-2H;/q2*+2;-1;-3. The van der Waals surface area contributed by atoms with E-state index < -0.39 is 17.2 Å². The molecule has 0 aliphatic heterocycles. The first-order chi connectivity index (χ1) is 3.46. The van der Waals surface area contributed by atoms with E-state index in [-0.39, 0.29) is 75.5 Å². The Kier molecular flexibility index (Phi) is 41.8. The Morgan fingerprint density at radius 3 is 0.800 bits per heavy atom. The first kappa shape index (κ1) is 23.2. The minimum atomic E-state index is -3.37. The molecule has 6 nitrogen and oxygen atoms in total. The van der Waals surface area contributed by atoms with E-state index in [2.05, 4.69) is 0 Å². The monoisotopic (exact) mass is 240 g/mol. The topological polar surface area (TPSA) is 133 Å². The first-order valence-corrected chi connectivity index (χ1v) is 3.39. The summed E-state index contributed by atoms with van der Waals surface area (Å²) in [5.41, 5.74) is 0. The number of rotatable bonds is 0. The molecule has 0 amide bonds. The van der Waals surface area contributed by atoms with Gasteiger partial charge in [-0.3, -0.25) is 0 Å². The third kappa shape index (κ3) is 116. The summed E-state index contributed by atoms with van der Waals surface area (Å²) in [6.45, 7) is 0. The fourth-order valence-corrected chi connectivity index (χ4v) is 0. The molecule has 0 rings (SSSR count). The van der Waals surface area contributed by atoms with Crippen LogP contribution in [0.25, 0.3) is 0 Å². The second kappa shape index (κ2) is 18.0. The summed E-state index contributed by atoms with van der Waals surface area (Å²) in [6.07, 6.45) is 0. The second-order valence-electron chi connectivity index (χ2n) is 0.476. The fourth-order valence-electron chi connectivity index (χ4n) is 0. The molecule has 0 aromatic carbocycles. The normalized spacial score (nSPS) is 7.20. The van der Waals surface area contributed by atoms with Gasteiger partial charge in [-0.1, -0.05) is 0 Å². The van der Waals surface area contributed by atoms with E-state index >= 15 is 0 Å². The van der Waals surface area contributed by atoms with E-state index in [1.807, 2.05) is 0 Å². The van der Waals surface area contributed by atoms with Gasteiger partial charge in [0.25, 0.3) is 0 Å². The Hall–Kier alpha value is 3.14. The van der Waals surface area contributed by atoms with Crippen LogP contribution in [0.4, 0.5) is 0 Å². The molecule has 0 heterocycles. The summed E-state index contributed by atoms with van der Waals surface area (Å²) in [5.74, 6) is 0. The Balaban J connectivity index is -0.0000000300. The smallest absolute Gasteiger partial charge is 0.854 e. The van der Waals surface area contributed by atoms with Gasteiger partial charge in [0.05, 0.1) is 8.60 Å². The van der Waals surface area contributed by atoms with Gasteiger partial charge in [0.15, 0.2) is 0 Å². The molecule has 0 saturated carbocycles. The summed E-state index contributed by atoms with van der Waals surface area (Å²) in [7, 11) is -6.24. The van der Waals surface area contributed by atoms with Crippen molar-refractivity contribution in [3.8, 4) is 0 Å². The molecule has 10 heavy (non-hydrogen) atoms. The molecule has 0 radical (unpaired) electrons. The van der Waals surface area contributed by atoms with Crippen LogP contribution >= 0.6 is 17.2 Å². The van der Waals surface area contributed by atoms with Gasteiger partial charge in [0.1, 0.15) is 0 Å². The zero-order valence-corrected chi connectivity index (χ0v) is 11.0. The van der Waals surface area contributed by atoms with Gasteiger partial charge in [0.2, 0.25) is 0 Å². The average Bonchev–Trinajstić information content (AvgIpc) is 1.25. The van der Waals surface area contributed by atoms with E-state index in [0.29, 0.717) is 0 Å². The largest absolute Gasteiger partial charge is 2.00 e. The van der Waals surface area contributed by atoms with Crippen LogP contribution in [0.1, 0.15) is 0 Å². The Morgan fingerprint density at radius 1 is 0.800 bits per heavy atom. The third-order valence-electron chi connectivity index (χ3n) is 0. The van der Waals surface area contributed by atoms with Crippen LogP contribution in [0, 0.1) is 0 Å². The van der Waals surface area contributed by atoms with Crippen molar-refractivity contribution in [2.45, 2.75) is 0 Å². The summed E-state index contributed by atoms with van der Waals surface area (Å²) in [4.78, 5) is 48.4. The molecular weight excluding hydrogens is 238 g/mol. The van der Waals surface area contributed by atoms with Crippen molar-refractivity contribution in [3.05, 3.63) is 0 Å². The zero-order valence-electron chi connectivity index (χ0n) is 4.84. The molecule has 0 spiro atoms. The van der Waals surface area contributed by atoms with E-state index in [4.69, 9.17) is 29.4 Å². The van der Waals surface area contributed by atoms with Gasteiger partial charge in [-0.05, 0) is 0 Å². The van der Waals surface area contributed by atoms with Crippen LogP contribution in [0.15, 0.2) is 0 Å². The molecule has 0 aliphatic rings. The van der Waals surface area contributed by atoms with E-state index in [9.17, 15) is 0 Å². The molecule has 0 bridgehead atoms. The second-order valence-corrected chi connectivity index (χ2v) is 1.43. The van der Waals surface area contributed by atoms with Crippen molar-refractivity contribution in [1.29, 1.82) is 0 Å². The fraction of sp³-hybridized carbons (Fsp3) is 0. The van der Waals surface area contributed by atoms with E-state index in [1.165, 1.54) is 0 Å².